The highest BCUT2D eigenvalue weighted by Gasteiger charge is 2.47. The summed E-state index contributed by atoms with van der Waals surface area (Å²) in [6, 6.07) is 0. The van der Waals surface area contributed by atoms with E-state index in [0.29, 0.717) is 0 Å². The van der Waals surface area contributed by atoms with Gasteiger partial charge in [0.25, 0.3) is 0 Å². The van der Waals surface area contributed by atoms with Gasteiger partial charge in [-0.25, -0.2) is 0 Å². The Morgan fingerprint density at radius 1 is 1.09 bits per heavy atom. The quantitative estimate of drug-likeness (QED) is 0.795. The molecule has 0 saturated heterocycles. The first-order valence-electron chi connectivity index (χ1n) is 6.67. The van der Waals surface area contributed by atoms with Crippen LogP contribution in [0.15, 0.2) is 0 Å². The van der Waals surface area contributed by atoms with Gasteiger partial charge in [0.2, 0.25) is 0 Å². The van der Waals surface area contributed by atoms with E-state index in [1.807, 2.05) is 5.32 Å². The van der Waals surface area contributed by atoms with Crippen LogP contribution in [0.5, 0.6) is 0 Å². The third-order valence-electron chi connectivity index (χ3n) is 3.35. The predicted molar refractivity (Wildman–Crippen MR) is 67.6 cm³/mol. The second-order valence-corrected chi connectivity index (χ2v) is 5.55. The molecule has 1 saturated carbocycles. The van der Waals surface area contributed by atoms with Crippen molar-refractivity contribution < 1.29 is 37.0 Å². The maximum atomic E-state index is 12.4. The summed E-state index contributed by atoms with van der Waals surface area (Å²) in [6.07, 6.45) is -6.39. The van der Waals surface area contributed by atoms with Crippen molar-refractivity contribution >= 4 is 17.8 Å². The number of amides is 1. The minimum absolute atomic E-state index is 0.0770. The number of carbonyl (C=O) groups is 3. The van der Waals surface area contributed by atoms with Crippen molar-refractivity contribution in [3.05, 3.63) is 0 Å². The summed E-state index contributed by atoms with van der Waals surface area (Å²) in [5.74, 6) is -3.28. The van der Waals surface area contributed by atoms with Crippen LogP contribution in [0.4, 0.5) is 13.2 Å². The molecule has 0 heterocycles. The Morgan fingerprint density at radius 2 is 1.59 bits per heavy atom. The van der Waals surface area contributed by atoms with Crippen molar-refractivity contribution in [2.45, 2.75) is 64.0 Å². The summed E-state index contributed by atoms with van der Waals surface area (Å²) in [6.45, 7) is 3.76. The Bertz CT molecular complexity index is 465. The highest BCUT2D eigenvalue weighted by Crippen LogP contribution is 2.33. The standard InChI is InChI=1S/C13H18F3NO5/c1-7(18)21-9-4-5-12(3,6-10(9)22-8(2)19)17-11(20)13(14,15)16/h9-10H,4-6H2,1-3H3,(H,17,20)/t9-,10+,12+/m0/s1. The predicted octanol–water partition coefficient (Wildman–Crippen LogP) is 1.47. The topological polar surface area (TPSA) is 81.7 Å². The van der Waals surface area contributed by atoms with Crippen LogP contribution in [0.1, 0.15) is 40.0 Å². The summed E-state index contributed by atoms with van der Waals surface area (Å²) in [5, 5.41) is 1.92. The Balaban J connectivity index is 2.83. The number of nitrogens with one attached hydrogen (secondary N) is 1. The summed E-state index contributed by atoms with van der Waals surface area (Å²) in [5.41, 5.74) is -1.20. The van der Waals surface area contributed by atoms with Crippen LogP contribution >= 0.6 is 0 Å². The Kier molecular flexibility index (Phi) is 5.42. The maximum absolute atomic E-state index is 12.4. The fraction of sp³-hybridized carbons (Fsp3) is 0.769. The van der Waals surface area contributed by atoms with Crippen LogP contribution in [0.3, 0.4) is 0 Å². The molecule has 0 spiro atoms. The lowest BCUT2D eigenvalue weighted by Crippen LogP contribution is -2.57. The number of ether oxygens (including phenoxy) is 2. The lowest BCUT2D eigenvalue weighted by molar-refractivity contribution is -0.180. The molecule has 3 atom stereocenters. The Hall–Kier alpha value is -1.80. The average molecular weight is 325 g/mol. The van der Waals surface area contributed by atoms with Crippen molar-refractivity contribution in [1.82, 2.24) is 5.32 Å². The summed E-state index contributed by atoms with van der Waals surface area (Å²) in [7, 11) is 0. The smallest absolute Gasteiger partial charge is 0.459 e. The van der Waals surface area contributed by atoms with Gasteiger partial charge in [0, 0.05) is 25.8 Å². The summed E-state index contributed by atoms with van der Waals surface area (Å²) < 4.78 is 47.1. The molecule has 1 aliphatic rings. The van der Waals surface area contributed by atoms with Gasteiger partial charge in [0.1, 0.15) is 12.2 Å². The van der Waals surface area contributed by atoms with E-state index in [9.17, 15) is 27.6 Å². The van der Waals surface area contributed by atoms with Crippen molar-refractivity contribution in [3.8, 4) is 0 Å². The van der Waals surface area contributed by atoms with Gasteiger partial charge in [0.05, 0.1) is 0 Å². The second-order valence-electron chi connectivity index (χ2n) is 5.55. The second kappa shape index (κ2) is 6.53. The maximum Gasteiger partial charge on any atom is 0.471 e. The third-order valence-corrected chi connectivity index (χ3v) is 3.35. The molecule has 0 aromatic heterocycles. The summed E-state index contributed by atoms with van der Waals surface area (Å²) in [4.78, 5) is 33.2. The number of esters is 2. The molecule has 1 rings (SSSR count). The van der Waals surface area contributed by atoms with Crippen molar-refractivity contribution in [2.75, 3.05) is 0 Å². The SMILES string of the molecule is CC(=O)O[C@H]1CC[C@@](C)(NC(=O)C(F)(F)F)C[C@H]1OC(C)=O. The van der Waals surface area contributed by atoms with Crippen LogP contribution in [0, 0.1) is 0 Å². The number of hydrogen-bond donors (Lipinski definition) is 1. The van der Waals surface area contributed by atoms with Gasteiger partial charge in [-0.3, -0.25) is 14.4 Å². The van der Waals surface area contributed by atoms with Gasteiger partial charge in [-0.15, -0.1) is 0 Å². The lowest BCUT2D eigenvalue weighted by Gasteiger charge is -2.41. The first-order chi connectivity index (χ1) is 9.93. The van der Waals surface area contributed by atoms with E-state index in [1.165, 1.54) is 13.8 Å². The fourth-order valence-electron chi connectivity index (χ4n) is 2.46. The summed E-state index contributed by atoms with van der Waals surface area (Å²) >= 11 is 0. The van der Waals surface area contributed by atoms with Gasteiger partial charge in [-0.05, 0) is 19.8 Å². The molecule has 1 N–H and O–H groups in total. The molecular weight excluding hydrogens is 307 g/mol. The molecule has 1 aliphatic carbocycles. The van der Waals surface area contributed by atoms with Gasteiger partial charge in [-0.2, -0.15) is 13.2 Å². The number of hydrogen-bond acceptors (Lipinski definition) is 5. The molecule has 0 aromatic rings. The Morgan fingerprint density at radius 3 is 2.05 bits per heavy atom. The van der Waals surface area contributed by atoms with E-state index in [4.69, 9.17) is 9.47 Å². The molecule has 0 aliphatic heterocycles. The van der Waals surface area contributed by atoms with Crippen molar-refractivity contribution in [2.24, 2.45) is 0 Å². The molecule has 0 radical (unpaired) electrons. The lowest BCUT2D eigenvalue weighted by atomic mass is 9.79. The molecule has 0 unspecified atom stereocenters. The van der Waals surface area contributed by atoms with Gasteiger partial charge >= 0.3 is 24.0 Å². The van der Waals surface area contributed by atoms with Crippen LogP contribution < -0.4 is 5.32 Å². The van der Waals surface area contributed by atoms with Crippen LogP contribution in [0.2, 0.25) is 0 Å². The van der Waals surface area contributed by atoms with E-state index in [1.54, 1.807) is 0 Å². The highest BCUT2D eigenvalue weighted by molar-refractivity contribution is 5.82. The van der Waals surface area contributed by atoms with Crippen LogP contribution in [0.25, 0.3) is 0 Å². The molecule has 0 aromatic carbocycles. The molecule has 1 fully saturated rings. The first-order valence-corrected chi connectivity index (χ1v) is 6.67. The number of rotatable bonds is 3. The minimum atomic E-state index is -4.99. The number of halogens is 3. The molecular formula is C13H18F3NO5. The molecule has 126 valence electrons. The molecule has 22 heavy (non-hydrogen) atoms. The van der Waals surface area contributed by atoms with E-state index in [-0.39, 0.29) is 19.3 Å². The Labute approximate surface area is 125 Å². The van der Waals surface area contributed by atoms with Crippen LogP contribution in [-0.2, 0) is 23.9 Å². The normalized spacial score (nSPS) is 28.6. The average Bonchev–Trinajstić information content (AvgIpc) is 2.30. The first kappa shape index (κ1) is 18.2. The molecule has 9 heteroatoms. The zero-order valence-corrected chi connectivity index (χ0v) is 12.5. The third kappa shape index (κ3) is 5.19. The zero-order chi connectivity index (χ0) is 17.1. The molecule has 0 bridgehead atoms. The van der Waals surface area contributed by atoms with E-state index >= 15 is 0 Å². The van der Waals surface area contributed by atoms with E-state index in [0.717, 1.165) is 6.92 Å². The minimum Gasteiger partial charge on any atom is -0.459 e. The fourth-order valence-corrected chi connectivity index (χ4v) is 2.46. The number of carbonyl (C=O) groups excluding carboxylic acids is 3. The van der Waals surface area contributed by atoms with Crippen molar-refractivity contribution in [3.63, 3.8) is 0 Å². The van der Waals surface area contributed by atoms with Crippen LogP contribution in [-0.4, -0.2) is 41.8 Å². The highest BCUT2D eigenvalue weighted by atomic mass is 19.4. The van der Waals surface area contributed by atoms with Gasteiger partial charge in [-0.1, -0.05) is 0 Å². The van der Waals surface area contributed by atoms with Crippen molar-refractivity contribution in [1.29, 1.82) is 0 Å². The largest absolute Gasteiger partial charge is 0.471 e. The van der Waals surface area contributed by atoms with E-state index in [2.05, 4.69) is 0 Å². The zero-order valence-electron chi connectivity index (χ0n) is 12.5. The number of alkyl halides is 3. The van der Waals surface area contributed by atoms with E-state index < -0.39 is 41.8 Å². The molecule has 6 nitrogen and oxygen atoms in total. The van der Waals surface area contributed by atoms with Gasteiger partial charge in [0.15, 0.2) is 0 Å². The monoisotopic (exact) mass is 325 g/mol. The molecule has 1 amide bonds. The van der Waals surface area contributed by atoms with Gasteiger partial charge < -0.3 is 14.8 Å².